The lowest BCUT2D eigenvalue weighted by Gasteiger charge is -2.31. The van der Waals surface area contributed by atoms with Gasteiger partial charge in [0.05, 0.1) is 30.3 Å². The van der Waals surface area contributed by atoms with Crippen molar-refractivity contribution >= 4 is 40.4 Å². The fraction of sp³-hybridized carbons (Fsp3) is 0.367. The second-order valence-corrected chi connectivity index (χ2v) is 11.4. The van der Waals surface area contributed by atoms with E-state index >= 15 is 0 Å². The number of fused-ring (bicyclic) bond motifs is 1. The molecule has 9 heteroatoms. The minimum absolute atomic E-state index is 0.00200. The van der Waals surface area contributed by atoms with E-state index in [1.165, 1.54) is 23.5 Å². The summed E-state index contributed by atoms with van der Waals surface area (Å²) in [5, 5.41) is 7.85. The third kappa shape index (κ3) is 6.37. The van der Waals surface area contributed by atoms with E-state index in [2.05, 4.69) is 10.6 Å². The van der Waals surface area contributed by atoms with Gasteiger partial charge in [-0.3, -0.25) is 14.4 Å². The quantitative estimate of drug-likeness (QED) is 0.385. The van der Waals surface area contributed by atoms with E-state index in [0.29, 0.717) is 47.4 Å². The van der Waals surface area contributed by atoms with Gasteiger partial charge in [0, 0.05) is 17.0 Å². The van der Waals surface area contributed by atoms with E-state index in [1.807, 2.05) is 17.5 Å². The number of rotatable bonds is 7. The van der Waals surface area contributed by atoms with Gasteiger partial charge in [-0.15, -0.1) is 11.3 Å². The first kappa shape index (κ1) is 27.0. The molecule has 0 radical (unpaired) electrons. The van der Waals surface area contributed by atoms with Crippen molar-refractivity contribution < 1.29 is 18.8 Å². The molecule has 0 spiro atoms. The van der Waals surface area contributed by atoms with Crippen molar-refractivity contribution in [2.45, 2.75) is 44.6 Å². The van der Waals surface area contributed by atoms with Crippen LogP contribution in [0.15, 0.2) is 60.0 Å². The summed E-state index contributed by atoms with van der Waals surface area (Å²) in [4.78, 5) is 42.3. The minimum Gasteiger partial charge on any atom is -0.352 e. The molecule has 3 aromatic rings. The highest BCUT2D eigenvalue weighted by Crippen LogP contribution is 2.39. The second-order valence-electron chi connectivity index (χ2n) is 10.4. The molecule has 7 nitrogen and oxygen atoms in total. The average Bonchev–Trinajstić information content (AvgIpc) is 3.40. The van der Waals surface area contributed by atoms with E-state index in [0.717, 1.165) is 30.6 Å². The first-order valence-electron chi connectivity index (χ1n) is 13.4. The molecule has 2 heterocycles. The van der Waals surface area contributed by atoms with Crippen LogP contribution >= 0.6 is 11.3 Å². The van der Waals surface area contributed by atoms with Crippen LogP contribution in [0.1, 0.15) is 58.9 Å². The van der Waals surface area contributed by atoms with Crippen LogP contribution in [0.4, 0.5) is 15.8 Å². The Labute approximate surface area is 231 Å². The van der Waals surface area contributed by atoms with Crippen molar-refractivity contribution in [3.63, 3.8) is 0 Å². The van der Waals surface area contributed by atoms with Crippen LogP contribution < -0.4 is 21.3 Å². The number of nitrogens with one attached hydrogen (secondary N) is 2. The van der Waals surface area contributed by atoms with Crippen molar-refractivity contribution in [2.24, 2.45) is 17.6 Å². The van der Waals surface area contributed by atoms with Crippen LogP contribution in [0, 0.1) is 17.7 Å². The van der Waals surface area contributed by atoms with Gasteiger partial charge in [0.1, 0.15) is 5.82 Å². The Morgan fingerprint density at radius 1 is 1.10 bits per heavy atom. The van der Waals surface area contributed by atoms with Crippen LogP contribution in [0.5, 0.6) is 0 Å². The first-order valence-corrected chi connectivity index (χ1v) is 14.3. The Balaban J connectivity index is 1.42. The summed E-state index contributed by atoms with van der Waals surface area (Å²) in [5.41, 5.74) is 7.83. The van der Waals surface area contributed by atoms with Gasteiger partial charge in [0.25, 0.3) is 5.91 Å². The van der Waals surface area contributed by atoms with Gasteiger partial charge >= 0.3 is 0 Å². The summed E-state index contributed by atoms with van der Waals surface area (Å²) >= 11 is 1.49. The van der Waals surface area contributed by atoms with Crippen molar-refractivity contribution in [3.8, 4) is 0 Å². The summed E-state index contributed by atoms with van der Waals surface area (Å²) in [6.45, 7) is 1.26. The fourth-order valence-electron chi connectivity index (χ4n) is 5.67. The van der Waals surface area contributed by atoms with Gasteiger partial charge in [0.2, 0.25) is 11.8 Å². The zero-order chi connectivity index (χ0) is 27.4. The van der Waals surface area contributed by atoms with Gasteiger partial charge in [-0.25, -0.2) is 4.39 Å². The maximum atomic E-state index is 13.7. The zero-order valence-corrected chi connectivity index (χ0v) is 22.5. The molecule has 1 saturated carbocycles. The number of benzene rings is 2. The second kappa shape index (κ2) is 12.1. The molecular weight excluding hydrogens is 515 g/mol. The van der Waals surface area contributed by atoms with Gasteiger partial charge in [-0.05, 0) is 85.0 Å². The van der Waals surface area contributed by atoms with Crippen LogP contribution in [-0.2, 0) is 16.0 Å². The molecule has 2 aromatic carbocycles. The Hall–Kier alpha value is -3.56. The number of amides is 3. The summed E-state index contributed by atoms with van der Waals surface area (Å²) < 4.78 is 13.7. The number of thiophene rings is 1. The normalized spacial score (nSPS) is 21.0. The summed E-state index contributed by atoms with van der Waals surface area (Å²) in [6.07, 6.45) is 4.52. The lowest BCUT2D eigenvalue weighted by atomic mass is 9.81. The van der Waals surface area contributed by atoms with Gasteiger partial charge in [-0.2, -0.15) is 0 Å². The summed E-state index contributed by atoms with van der Waals surface area (Å²) in [7, 11) is 0. The molecule has 3 amide bonds. The van der Waals surface area contributed by atoms with E-state index in [-0.39, 0.29) is 30.6 Å². The molecule has 5 rings (SSSR count). The fourth-order valence-corrected chi connectivity index (χ4v) is 6.37. The zero-order valence-electron chi connectivity index (χ0n) is 21.7. The SMILES string of the molecule is NCC1CCCC(CNC(=O)c2ccc3c(c2)NC(=O)CC(c2ccc(F)cc2)N3C(=O)Cc2cccs2)C1. The van der Waals surface area contributed by atoms with Crippen molar-refractivity contribution in [1.82, 2.24) is 5.32 Å². The molecule has 3 unspecified atom stereocenters. The third-order valence-electron chi connectivity index (χ3n) is 7.69. The van der Waals surface area contributed by atoms with E-state index in [1.54, 1.807) is 35.2 Å². The first-order chi connectivity index (χ1) is 18.9. The van der Waals surface area contributed by atoms with Crippen molar-refractivity contribution in [3.05, 3.63) is 81.8 Å². The number of anilines is 2. The maximum Gasteiger partial charge on any atom is 0.251 e. The highest BCUT2D eigenvalue weighted by molar-refractivity contribution is 7.10. The minimum atomic E-state index is -0.624. The van der Waals surface area contributed by atoms with Crippen LogP contribution in [0.2, 0.25) is 0 Å². The van der Waals surface area contributed by atoms with Gasteiger partial charge < -0.3 is 21.3 Å². The third-order valence-corrected chi connectivity index (χ3v) is 8.56. The molecule has 0 saturated heterocycles. The summed E-state index contributed by atoms with van der Waals surface area (Å²) in [5.74, 6) is -0.180. The molecule has 1 fully saturated rings. The molecule has 2 aliphatic rings. The molecule has 3 atom stereocenters. The summed E-state index contributed by atoms with van der Waals surface area (Å²) in [6, 6.07) is 14.1. The van der Waals surface area contributed by atoms with Crippen LogP contribution in [0.25, 0.3) is 0 Å². The lowest BCUT2D eigenvalue weighted by molar-refractivity contribution is -0.119. The van der Waals surface area contributed by atoms with Crippen LogP contribution in [0.3, 0.4) is 0 Å². The number of carbonyl (C=O) groups excluding carboxylic acids is 3. The smallest absolute Gasteiger partial charge is 0.251 e. The number of carbonyl (C=O) groups is 3. The van der Waals surface area contributed by atoms with Crippen molar-refractivity contribution in [2.75, 3.05) is 23.3 Å². The van der Waals surface area contributed by atoms with Gasteiger partial charge in [-0.1, -0.05) is 24.6 Å². The monoisotopic (exact) mass is 548 g/mol. The van der Waals surface area contributed by atoms with Crippen molar-refractivity contribution in [1.29, 1.82) is 0 Å². The molecule has 4 N–H and O–H groups in total. The Morgan fingerprint density at radius 2 is 1.90 bits per heavy atom. The maximum absolute atomic E-state index is 13.7. The molecule has 0 bridgehead atoms. The average molecular weight is 549 g/mol. The van der Waals surface area contributed by atoms with E-state index in [4.69, 9.17) is 5.73 Å². The molecule has 1 aliphatic carbocycles. The van der Waals surface area contributed by atoms with Gasteiger partial charge in [0.15, 0.2) is 0 Å². The number of nitrogens with two attached hydrogens (primary N) is 1. The molecule has 1 aliphatic heterocycles. The Bertz CT molecular complexity index is 1330. The number of nitrogens with zero attached hydrogens (tertiary/aromatic N) is 1. The topological polar surface area (TPSA) is 105 Å². The number of hydrogen-bond donors (Lipinski definition) is 3. The molecule has 1 aromatic heterocycles. The van der Waals surface area contributed by atoms with E-state index in [9.17, 15) is 18.8 Å². The largest absolute Gasteiger partial charge is 0.352 e. The standard InChI is InChI=1S/C30H33FN4O3S/c31-23-9-6-21(7-10-23)27-16-28(36)34-25-14-22(30(38)33-18-20-4-1-3-19(13-20)17-32)8-11-26(25)35(27)29(37)15-24-5-2-12-39-24/h2,5-12,14,19-20,27H,1,3-4,13,15-18,32H2,(H,33,38)(H,34,36). The molecular formula is C30H33FN4O3S. The van der Waals surface area contributed by atoms with E-state index < -0.39 is 11.9 Å². The molecule has 204 valence electrons. The predicted molar refractivity (Wildman–Crippen MR) is 151 cm³/mol. The lowest BCUT2D eigenvalue weighted by Crippen LogP contribution is -2.36. The Morgan fingerprint density at radius 3 is 2.64 bits per heavy atom. The highest BCUT2D eigenvalue weighted by Gasteiger charge is 2.34. The number of hydrogen-bond acceptors (Lipinski definition) is 5. The molecule has 39 heavy (non-hydrogen) atoms. The highest BCUT2D eigenvalue weighted by atomic mass is 32.1. The number of halogens is 1. The van der Waals surface area contributed by atoms with Crippen LogP contribution in [-0.4, -0.2) is 30.8 Å². The Kier molecular flexibility index (Phi) is 8.38. The predicted octanol–water partition coefficient (Wildman–Crippen LogP) is 5.04.